The van der Waals surface area contributed by atoms with Crippen molar-refractivity contribution in [1.29, 1.82) is 0 Å². The number of hydrogen-bond acceptors (Lipinski definition) is 7. The number of carboxylic acids is 1. The standard InChI is InChI=1S/C19H22F2O8/c1-8(22)27-13-10-7-9-11(15(23)28-14(9)13)12(10)16(24)29-18(5-3-2-4-6-18)19(20,21)17(25)26/h9-14H,2-7H2,1H3,(H,25,26). The van der Waals surface area contributed by atoms with Crippen LogP contribution in [0.25, 0.3) is 0 Å². The molecule has 0 aromatic rings. The van der Waals surface area contributed by atoms with Crippen molar-refractivity contribution in [2.24, 2.45) is 23.7 Å². The van der Waals surface area contributed by atoms with Crippen LogP contribution in [-0.2, 0) is 33.4 Å². The maximum absolute atomic E-state index is 14.6. The van der Waals surface area contributed by atoms with Crippen LogP contribution in [-0.4, -0.2) is 52.7 Å². The molecule has 29 heavy (non-hydrogen) atoms. The molecule has 1 aliphatic heterocycles. The molecule has 0 spiro atoms. The van der Waals surface area contributed by atoms with Gasteiger partial charge in [-0.2, -0.15) is 8.78 Å². The number of hydrogen-bond donors (Lipinski definition) is 1. The quantitative estimate of drug-likeness (QED) is 0.532. The molecule has 3 aliphatic carbocycles. The number of carboxylic acid groups (broad SMARTS) is 1. The van der Waals surface area contributed by atoms with Gasteiger partial charge in [-0.3, -0.25) is 14.4 Å². The molecule has 4 aliphatic rings. The molecule has 0 aromatic heterocycles. The van der Waals surface area contributed by atoms with Crippen LogP contribution < -0.4 is 0 Å². The second-order valence-corrected chi connectivity index (χ2v) is 8.45. The predicted molar refractivity (Wildman–Crippen MR) is 88.5 cm³/mol. The van der Waals surface area contributed by atoms with Crippen molar-refractivity contribution < 1.29 is 47.3 Å². The fourth-order valence-corrected chi connectivity index (χ4v) is 5.72. The van der Waals surface area contributed by atoms with Gasteiger partial charge in [-0.05, 0) is 32.1 Å². The maximum atomic E-state index is 14.6. The number of aliphatic carboxylic acids is 1. The molecule has 4 fully saturated rings. The first kappa shape index (κ1) is 20.0. The normalized spacial score (nSPS) is 37.1. The van der Waals surface area contributed by atoms with Gasteiger partial charge in [0.25, 0.3) is 0 Å². The number of halogens is 2. The second kappa shape index (κ2) is 6.63. The van der Waals surface area contributed by atoms with Crippen LogP contribution in [0.5, 0.6) is 0 Å². The molecule has 160 valence electrons. The molecular formula is C19H22F2O8. The van der Waals surface area contributed by atoms with Crippen molar-refractivity contribution in [3.63, 3.8) is 0 Å². The molecule has 4 rings (SSSR count). The van der Waals surface area contributed by atoms with Gasteiger partial charge in [-0.15, -0.1) is 0 Å². The third kappa shape index (κ3) is 2.82. The number of carbonyl (C=O) groups is 4. The van der Waals surface area contributed by atoms with E-state index in [1.807, 2.05) is 0 Å². The van der Waals surface area contributed by atoms with E-state index in [4.69, 9.17) is 19.3 Å². The number of alkyl halides is 2. The lowest BCUT2D eigenvalue weighted by molar-refractivity contribution is -0.234. The lowest BCUT2D eigenvalue weighted by atomic mass is 9.77. The molecule has 8 nitrogen and oxygen atoms in total. The maximum Gasteiger partial charge on any atom is 0.381 e. The summed E-state index contributed by atoms with van der Waals surface area (Å²) in [6.45, 7) is 1.19. The number of carbonyl (C=O) groups excluding carboxylic acids is 3. The van der Waals surface area contributed by atoms with E-state index in [9.17, 15) is 28.0 Å². The van der Waals surface area contributed by atoms with Gasteiger partial charge in [0.15, 0.2) is 5.60 Å². The van der Waals surface area contributed by atoms with Crippen molar-refractivity contribution in [3.8, 4) is 0 Å². The Hall–Kier alpha value is -2.26. The van der Waals surface area contributed by atoms with Crippen molar-refractivity contribution in [2.75, 3.05) is 0 Å². The summed E-state index contributed by atoms with van der Waals surface area (Å²) in [5.74, 6) is -11.8. The molecule has 2 bridgehead atoms. The minimum Gasteiger partial charge on any atom is -0.477 e. The highest BCUT2D eigenvalue weighted by Gasteiger charge is 2.71. The van der Waals surface area contributed by atoms with Crippen LogP contribution in [0.4, 0.5) is 8.78 Å². The fourth-order valence-electron chi connectivity index (χ4n) is 5.72. The molecule has 1 saturated heterocycles. The fraction of sp³-hybridized carbons (Fsp3) is 0.789. The SMILES string of the molecule is CC(=O)OC1C2CC3C1OC(=O)C3C2C(=O)OC1(C(F)(F)C(=O)O)CCCCC1. The molecule has 0 amide bonds. The third-order valence-corrected chi connectivity index (χ3v) is 6.92. The molecule has 0 radical (unpaired) electrons. The predicted octanol–water partition coefficient (Wildman–Crippen LogP) is 1.69. The van der Waals surface area contributed by atoms with E-state index in [1.165, 1.54) is 6.92 Å². The highest BCUT2D eigenvalue weighted by Crippen LogP contribution is 2.59. The van der Waals surface area contributed by atoms with E-state index < -0.39 is 65.4 Å². The molecular weight excluding hydrogens is 394 g/mol. The van der Waals surface area contributed by atoms with Gasteiger partial charge in [0.05, 0.1) is 11.8 Å². The zero-order valence-electron chi connectivity index (χ0n) is 15.8. The Morgan fingerprint density at radius 2 is 1.83 bits per heavy atom. The molecule has 0 aromatic carbocycles. The molecule has 3 saturated carbocycles. The molecule has 1 heterocycles. The highest BCUT2D eigenvalue weighted by atomic mass is 19.3. The van der Waals surface area contributed by atoms with Gasteiger partial charge in [-0.25, -0.2) is 4.79 Å². The van der Waals surface area contributed by atoms with Crippen LogP contribution >= 0.6 is 0 Å². The van der Waals surface area contributed by atoms with Crippen LogP contribution in [0.3, 0.4) is 0 Å². The number of ether oxygens (including phenoxy) is 3. The first-order valence-electron chi connectivity index (χ1n) is 9.81. The zero-order valence-corrected chi connectivity index (χ0v) is 15.8. The highest BCUT2D eigenvalue weighted by molar-refractivity contribution is 5.87. The number of esters is 3. The summed E-state index contributed by atoms with van der Waals surface area (Å²) >= 11 is 0. The first-order chi connectivity index (χ1) is 13.6. The monoisotopic (exact) mass is 416 g/mol. The molecule has 1 N–H and O–H groups in total. The van der Waals surface area contributed by atoms with E-state index >= 15 is 0 Å². The van der Waals surface area contributed by atoms with Gasteiger partial charge < -0.3 is 19.3 Å². The Balaban J connectivity index is 1.62. The van der Waals surface area contributed by atoms with Crippen molar-refractivity contribution in [3.05, 3.63) is 0 Å². The summed E-state index contributed by atoms with van der Waals surface area (Å²) in [5, 5.41) is 9.06. The minimum absolute atomic E-state index is 0.274. The zero-order chi connectivity index (χ0) is 21.1. The van der Waals surface area contributed by atoms with Gasteiger partial charge in [0.2, 0.25) is 0 Å². The second-order valence-electron chi connectivity index (χ2n) is 8.45. The van der Waals surface area contributed by atoms with Gasteiger partial charge in [-0.1, -0.05) is 6.42 Å². The summed E-state index contributed by atoms with van der Waals surface area (Å²) in [5.41, 5.74) is -2.45. The van der Waals surface area contributed by atoms with E-state index in [-0.39, 0.29) is 18.8 Å². The average Bonchev–Trinajstić information content (AvgIpc) is 3.25. The summed E-state index contributed by atoms with van der Waals surface area (Å²) in [6.07, 6.45) is -0.411. The van der Waals surface area contributed by atoms with E-state index in [0.29, 0.717) is 25.7 Å². The molecule has 6 atom stereocenters. The topological polar surface area (TPSA) is 116 Å². The van der Waals surface area contributed by atoms with Gasteiger partial charge in [0.1, 0.15) is 12.2 Å². The summed E-state index contributed by atoms with van der Waals surface area (Å²) in [4.78, 5) is 48.0. The number of fused-ring (bicyclic) bond motifs is 1. The average molecular weight is 416 g/mol. The number of rotatable bonds is 5. The lowest BCUT2D eigenvalue weighted by Crippen LogP contribution is -2.58. The van der Waals surface area contributed by atoms with Crippen LogP contribution in [0.15, 0.2) is 0 Å². The largest absolute Gasteiger partial charge is 0.477 e. The summed E-state index contributed by atoms with van der Waals surface area (Å²) in [7, 11) is 0. The third-order valence-electron chi connectivity index (χ3n) is 6.92. The van der Waals surface area contributed by atoms with E-state index in [0.717, 1.165) is 0 Å². The van der Waals surface area contributed by atoms with Crippen molar-refractivity contribution >= 4 is 23.9 Å². The van der Waals surface area contributed by atoms with Crippen LogP contribution in [0.1, 0.15) is 45.4 Å². The minimum atomic E-state index is -4.26. The van der Waals surface area contributed by atoms with Crippen LogP contribution in [0, 0.1) is 23.7 Å². The van der Waals surface area contributed by atoms with Crippen molar-refractivity contribution in [1.82, 2.24) is 0 Å². The van der Waals surface area contributed by atoms with E-state index in [1.54, 1.807) is 0 Å². The smallest absolute Gasteiger partial charge is 0.381 e. The Labute approximate surface area is 164 Å². The van der Waals surface area contributed by atoms with Gasteiger partial charge >= 0.3 is 29.8 Å². The Kier molecular flexibility index (Phi) is 4.58. The Morgan fingerprint density at radius 1 is 1.17 bits per heavy atom. The Morgan fingerprint density at radius 3 is 2.41 bits per heavy atom. The van der Waals surface area contributed by atoms with Gasteiger partial charge in [0, 0.05) is 18.8 Å². The molecule has 6 unspecified atom stereocenters. The molecule has 10 heteroatoms. The first-order valence-corrected chi connectivity index (χ1v) is 9.81. The van der Waals surface area contributed by atoms with Crippen LogP contribution in [0.2, 0.25) is 0 Å². The van der Waals surface area contributed by atoms with Crippen molar-refractivity contribution in [2.45, 2.75) is 69.2 Å². The summed E-state index contributed by atoms with van der Waals surface area (Å²) in [6, 6.07) is 0. The van der Waals surface area contributed by atoms with E-state index in [2.05, 4.69) is 0 Å². The summed E-state index contributed by atoms with van der Waals surface area (Å²) < 4.78 is 45.0. The lowest BCUT2D eigenvalue weighted by Gasteiger charge is -2.41. The Bertz CT molecular complexity index is 759.